The van der Waals surface area contributed by atoms with Gasteiger partial charge in [-0.25, -0.2) is 29.0 Å². The zero-order chi connectivity index (χ0) is 72.3. The van der Waals surface area contributed by atoms with Crippen molar-refractivity contribution >= 4 is 29.8 Å². The van der Waals surface area contributed by atoms with E-state index in [4.69, 9.17) is 28.8 Å². The van der Waals surface area contributed by atoms with E-state index in [2.05, 4.69) is 86.6 Å². The van der Waals surface area contributed by atoms with Gasteiger partial charge in [0.25, 0.3) is 0 Å². The van der Waals surface area contributed by atoms with Crippen LogP contribution in [0.3, 0.4) is 0 Å². The number of carboxylic acid groups (broad SMARTS) is 1. The van der Waals surface area contributed by atoms with E-state index in [0.717, 1.165) is 41.0 Å². The number of carbonyl (C=O) groups excluding carboxylic acids is 4. The minimum atomic E-state index is -1.18. The van der Waals surface area contributed by atoms with Gasteiger partial charge in [0.1, 0.15) is 30.5 Å². The molecular formula is C79H61F4Ir2N6O11-2. The Morgan fingerprint density at radius 3 is 1.05 bits per heavy atom. The van der Waals surface area contributed by atoms with Crippen molar-refractivity contribution in [3.8, 4) is 79.3 Å². The first-order chi connectivity index (χ1) is 48.1. The molecule has 0 bridgehead atoms. The third-order valence-corrected chi connectivity index (χ3v) is 12.3. The number of nitrogens with zero attached hydrogens (tertiary/aromatic N) is 6. The van der Waals surface area contributed by atoms with E-state index in [1.165, 1.54) is 19.2 Å². The first kappa shape index (κ1) is 82.6. The quantitative estimate of drug-likeness (QED) is 0.0294. The number of hydrogen-bond donors (Lipinski definition) is 1. The van der Waals surface area contributed by atoms with Crippen molar-refractivity contribution in [3.05, 3.63) is 327 Å². The first-order valence-corrected chi connectivity index (χ1v) is 29.7. The number of carbonyl (C=O) groups is 5. The number of carboxylic acids is 1. The molecule has 0 saturated heterocycles. The maximum atomic E-state index is 13.2. The molecule has 102 heavy (non-hydrogen) atoms. The average Bonchev–Trinajstić information content (AvgIpc) is 0.849. The van der Waals surface area contributed by atoms with E-state index in [0.29, 0.717) is 68.0 Å². The van der Waals surface area contributed by atoms with Crippen LogP contribution in [-0.4, -0.2) is 78.1 Å². The molecule has 0 fully saturated rings. The molecule has 0 saturated carbocycles. The molecule has 0 aliphatic rings. The molecule has 0 atom stereocenters. The van der Waals surface area contributed by atoms with E-state index in [-0.39, 0.29) is 76.0 Å². The van der Waals surface area contributed by atoms with Gasteiger partial charge in [0.15, 0.2) is 11.4 Å². The van der Waals surface area contributed by atoms with E-state index in [1.54, 1.807) is 149 Å². The Bertz CT molecular complexity index is 4270. The number of aromatic nitrogens is 6. The Balaban J connectivity index is 0.000000259. The molecule has 1 radical (unpaired) electrons. The molecule has 11 rings (SSSR count). The van der Waals surface area contributed by atoms with Crippen molar-refractivity contribution in [2.24, 2.45) is 0 Å². The largest absolute Gasteiger partial charge is 3.00 e. The zero-order valence-corrected chi connectivity index (χ0v) is 59.7. The molecule has 0 aliphatic carbocycles. The summed E-state index contributed by atoms with van der Waals surface area (Å²) in [5.41, 5.74) is 6.55. The third-order valence-electron chi connectivity index (χ3n) is 12.3. The van der Waals surface area contributed by atoms with Gasteiger partial charge in [-0.1, -0.05) is 73.8 Å². The fourth-order valence-corrected chi connectivity index (χ4v) is 7.59. The van der Waals surface area contributed by atoms with E-state index >= 15 is 0 Å². The Labute approximate surface area is 613 Å². The van der Waals surface area contributed by atoms with Crippen molar-refractivity contribution in [1.29, 1.82) is 0 Å². The molecule has 0 aliphatic heterocycles. The topological polar surface area (TPSA) is 229 Å². The minimum absolute atomic E-state index is 0. The monoisotopic (exact) mass is 1730 g/mol. The molecule has 11 aromatic rings. The minimum Gasteiger partial charge on any atom is -0.487 e. The fraction of sp³-hybridized carbons (Fsp3) is 0.0759. The summed E-state index contributed by atoms with van der Waals surface area (Å²) in [5, 5.41) is 8.84. The summed E-state index contributed by atoms with van der Waals surface area (Å²) < 4.78 is 77.3. The van der Waals surface area contributed by atoms with Crippen molar-refractivity contribution in [1.82, 2.24) is 29.9 Å². The summed E-state index contributed by atoms with van der Waals surface area (Å²) in [7, 11) is 0. The van der Waals surface area contributed by atoms with Crippen LogP contribution < -0.4 is 18.9 Å². The summed E-state index contributed by atoms with van der Waals surface area (Å²) in [4.78, 5) is 80.7. The van der Waals surface area contributed by atoms with Gasteiger partial charge in [-0.3, -0.25) is 17.6 Å². The summed E-state index contributed by atoms with van der Waals surface area (Å²) in [6.07, 6.45) is 9.40. The molecule has 23 heteroatoms. The Hall–Kier alpha value is -11.9. The Morgan fingerprint density at radius 1 is 0.412 bits per heavy atom. The van der Waals surface area contributed by atoms with Crippen molar-refractivity contribution < 1.29 is 111 Å². The van der Waals surface area contributed by atoms with Gasteiger partial charge in [0.05, 0.1) is 0 Å². The molecule has 6 heterocycles. The number of rotatable bonds is 17. The van der Waals surface area contributed by atoms with Crippen LogP contribution in [-0.2, 0) is 64.1 Å². The van der Waals surface area contributed by atoms with Crippen LogP contribution in [0.25, 0.3) is 56.3 Å². The van der Waals surface area contributed by atoms with Gasteiger partial charge < -0.3 is 53.7 Å². The van der Waals surface area contributed by atoms with Gasteiger partial charge in [0, 0.05) is 120 Å². The van der Waals surface area contributed by atoms with Crippen LogP contribution >= 0.6 is 0 Å². The smallest absolute Gasteiger partial charge is 0.487 e. The molecule has 0 unspecified atom stereocenters. The van der Waals surface area contributed by atoms with Gasteiger partial charge in [-0.2, -0.15) is 0 Å². The summed E-state index contributed by atoms with van der Waals surface area (Å²) in [6.45, 7) is 20.5. The predicted molar refractivity (Wildman–Crippen MR) is 366 cm³/mol. The second kappa shape index (κ2) is 43.5. The second-order valence-electron chi connectivity index (χ2n) is 20.3. The SMILES string of the molecule is C=C(C)C(=O)OCCOc1cccnc1C(=O)O.C=C(C)C(=O)Oc1cccnc1-c1[c-]cccc1.C=C(C)C(=O)Oc1cccnc1-c1[c-]cccc1.C=C(C)C(=O)Oc1cccnc1-c1[c-]cccc1.Fc1c[c-]c(-c2ccccn2)c(F)c1.Fc1c[c-]c(-c2ccccn2)c(F)c1.[Ir+3].[Ir]. The summed E-state index contributed by atoms with van der Waals surface area (Å²) in [5.74, 6) is -4.27. The van der Waals surface area contributed by atoms with Crippen molar-refractivity contribution in [3.63, 3.8) is 0 Å². The van der Waals surface area contributed by atoms with Crippen LogP contribution in [0, 0.1) is 53.6 Å². The van der Waals surface area contributed by atoms with Crippen LogP contribution in [0.2, 0.25) is 0 Å². The number of ether oxygens (including phenoxy) is 5. The van der Waals surface area contributed by atoms with E-state index in [9.17, 15) is 41.5 Å². The first-order valence-electron chi connectivity index (χ1n) is 29.7. The van der Waals surface area contributed by atoms with Gasteiger partial charge in [-0.05, 0) is 99.7 Å². The maximum Gasteiger partial charge on any atom is 3.00 e. The molecule has 0 amide bonds. The number of aromatic carboxylic acids is 1. The standard InChI is InChI=1S/3C15H12NO2.C12H13NO5.2C11H6F2N.2Ir/c3*1-11(2)15(17)18-13-9-6-10-16-14(13)12-7-4-3-5-8-12;1-8(2)12(16)18-7-6-17-9-4-3-5-13-10(9)11(14)15;2*12-8-4-5-9(10(13)7-8)11-3-1-2-6-14-11;;/h3*3-7,9-10H,1H2,2H3;3-5H,1,6-7H2,2H3,(H,14,15);2*1-4,6-7H;;/q3*-1;;2*-1;;+3. The Kier molecular flexibility index (Phi) is 35.2. The normalized spacial score (nSPS) is 9.69. The Morgan fingerprint density at radius 2 is 0.745 bits per heavy atom. The molecular weight excluding hydrogens is 1670 g/mol. The van der Waals surface area contributed by atoms with Crippen LogP contribution in [0.4, 0.5) is 17.6 Å². The number of esters is 4. The predicted octanol–water partition coefficient (Wildman–Crippen LogP) is 16.0. The molecule has 1 N–H and O–H groups in total. The van der Waals surface area contributed by atoms with Crippen LogP contribution in [0.1, 0.15) is 38.2 Å². The van der Waals surface area contributed by atoms with Crippen molar-refractivity contribution in [2.45, 2.75) is 27.7 Å². The summed E-state index contributed by atoms with van der Waals surface area (Å²) in [6, 6.07) is 63.7. The summed E-state index contributed by atoms with van der Waals surface area (Å²) >= 11 is 0. The number of benzene rings is 5. The third kappa shape index (κ3) is 27.1. The second-order valence-corrected chi connectivity index (χ2v) is 20.3. The van der Waals surface area contributed by atoms with Gasteiger partial charge in [0.2, 0.25) is 0 Å². The number of pyridine rings is 6. The van der Waals surface area contributed by atoms with E-state index in [1.807, 2.05) is 54.6 Å². The van der Waals surface area contributed by atoms with Gasteiger partial charge in [-0.15, -0.1) is 132 Å². The molecule has 6 aromatic heterocycles. The molecule has 521 valence electrons. The maximum absolute atomic E-state index is 13.2. The molecule has 5 aromatic carbocycles. The molecule has 17 nitrogen and oxygen atoms in total. The fourth-order valence-electron chi connectivity index (χ4n) is 7.59. The van der Waals surface area contributed by atoms with Crippen LogP contribution in [0.15, 0.2) is 268 Å². The number of halogens is 4. The zero-order valence-electron chi connectivity index (χ0n) is 54.9. The van der Waals surface area contributed by atoms with Crippen molar-refractivity contribution in [2.75, 3.05) is 13.2 Å². The molecule has 0 spiro atoms. The van der Waals surface area contributed by atoms with Gasteiger partial charge >= 0.3 is 50.0 Å². The number of hydrogen-bond acceptors (Lipinski definition) is 16. The van der Waals surface area contributed by atoms with Crippen LogP contribution in [0.5, 0.6) is 23.0 Å². The van der Waals surface area contributed by atoms with E-state index < -0.39 is 53.1 Å². The average molecular weight is 1730 g/mol.